The highest BCUT2D eigenvalue weighted by Crippen LogP contribution is 2.29. The third kappa shape index (κ3) is 4.10. The molecule has 33 heavy (non-hydrogen) atoms. The quantitative estimate of drug-likeness (QED) is 0.453. The highest BCUT2D eigenvalue weighted by molar-refractivity contribution is 6.30. The number of hydrogen-bond acceptors (Lipinski definition) is 3. The van der Waals surface area contributed by atoms with Crippen LogP contribution in [0, 0.1) is 19.8 Å². The fourth-order valence-corrected chi connectivity index (χ4v) is 4.32. The highest BCUT2D eigenvalue weighted by Gasteiger charge is 2.35. The van der Waals surface area contributed by atoms with Gasteiger partial charge in [0.15, 0.2) is 0 Å². The molecule has 3 heterocycles. The lowest BCUT2D eigenvalue weighted by atomic mass is 10.1. The summed E-state index contributed by atoms with van der Waals surface area (Å²) in [6.07, 6.45) is 4.14. The molecule has 0 bridgehead atoms. The fourth-order valence-electron chi connectivity index (χ4n) is 4.20. The van der Waals surface area contributed by atoms with Crippen molar-refractivity contribution in [3.8, 4) is 11.3 Å². The van der Waals surface area contributed by atoms with Crippen LogP contribution in [0.2, 0.25) is 5.02 Å². The molecule has 0 unspecified atom stereocenters. The van der Waals surface area contributed by atoms with Crippen molar-refractivity contribution in [2.24, 2.45) is 5.92 Å². The van der Waals surface area contributed by atoms with Crippen LogP contribution in [-0.2, 0) is 9.59 Å². The van der Waals surface area contributed by atoms with Gasteiger partial charge in [-0.25, -0.2) is 4.98 Å². The standard InChI is InChI=1S/C26H23ClN4O2/c1-16-5-6-18(23-15-30-11-3-4-17(2)25(30)28-23)12-22(16)29-26(33)19-13-24(32)31(14-19)21-9-7-20(27)8-10-21/h3-12,15,19H,13-14H2,1-2H3,(H,29,33)/t19-/m0/s1. The van der Waals surface area contributed by atoms with Crippen LogP contribution in [0.1, 0.15) is 17.5 Å². The number of halogens is 1. The number of hydrogen-bond donors (Lipinski definition) is 1. The van der Waals surface area contributed by atoms with Gasteiger partial charge in [-0.3, -0.25) is 9.59 Å². The Labute approximate surface area is 196 Å². The van der Waals surface area contributed by atoms with Gasteiger partial charge in [0.25, 0.3) is 0 Å². The zero-order valence-corrected chi connectivity index (χ0v) is 19.1. The van der Waals surface area contributed by atoms with E-state index in [0.717, 1.165) is 39.4 Å². The van der Waals surface area contributed by atoms with Gasteiger partial charge in [-0.15, -0.1) is 0 Å². The van der Waals surface area contributed by atoms with Crippen LogP contribution in [-0.4, -0.2) is 27.7 Å². The summed E-state index contributed by atoms with van der Waals surface area (Å²) in [5, 5.41) is 3.64. The molecule has 166 valence electrons. The van der Waals surface area contributed by atoms with E-state index >= 15 is 0 Å². The van der Waals surface area contributed by atoms with E-state index in [4.69, 9.17) is 16.6 Å². The molecule has 5 rings (SSSR count). The van der Waals surface area contributed by atoms with Crippen molar-refractivity contribution in [1.82, 2.24) is 9.38 Å². The predicted octanol–water partition coefficient (Wildman–Crippen LogP) is 5.26. The lowest BCUT2D eigenvalue weighted by Crippen LogP contribution is -2.28. The van der Waals surface area contributed by atoms with Gasteiger partial charge in [0, 0.05) is 47.3 Å². The maximum atomic E-state index is 13.0. The third-order valence-corrected chi connectivity index (χ3v) is 6.36. The molecule has 2 amide bonds. The van der Waals surface area contributed by atoms with E-state index in [1.54, 1.807) is 29.2 Å². The molecule has 0 spiro atoms. The lowest BCUT2D eigenvalue weighted by molar-refractivity contribution is -0.122. The number of carbonyl (C=O) groups is 2. The SMILES string of the molecule is Cc1ccc(-c2cn3cccc(C)c3n2)cc1NC(=O)[C@H]1CC(=O)N(c2ccc(Cl)cc2)C1. The maximum absolute atomic E-state index is 13.0. The summed E-state index contributed by atoms with van der Waals surface area (Å²) < 4.78 is 2.00. The Balaban J connectivity index is 1.36. The molecule has 1 aliphatic heterocycles. The van der Waals surface area contributed by atoms with Crippen LogP contribution >= 0.6 is 11.6 Å². The molecule has 1 aliphatic rings. The van der Waals surface area contributed by atoms with Crippen molar-refractivity contribution in [2.75, 3.05) is 16.8 Å². The normalized spacial score (nSPS) is 15.9. The summed E-state index contributed by atoms with van der Waals surface area (Å²) in [6, 6.07) is 17.0. The van der Waals surface area contributed by atoms with Crippen molar-refractivity contribution in [3.05, 3.63) is 83.1 Å². The molecule has 2 aromatic heterocycles. The Morgan fingerprint density at radius 2 is 1.88 bits per heavy atom. The van der Waals surface area contributed by atoms with Crippen LogP contribution in [0.3, 0.4) is 0 Å². The van der Waals surface area contributed by atoms with Gasteiger partial charge in [0.2, 0.25) is 11.8 Å². The first-order valence-corrected chi connectivity index (χ1v) is 11.2. The maximum Gasteiger partial charge on any atom is 0.229 e. The molecule has 1 N–H and O–H groups in total. The average Bonchev–Trinajstić information content (AvgIpc) is 3.41. The fraction of sp³-hybridized carbons (Fsp3) is 0.192. The Bertz CT molecular complexity index is 1380. The van der Waals surface area contributed by atoms with E-state index in [0.29, 0.717) is 11.6 Å². The second-order valence-corrected chi connectivity index (χ2v) is 8.89. The number of nitrogens with one attached hydrogen (secondary N) is 1. The largest absolute Gasteiger partial charge is 0.326 e. The molecule has 0 saturated carbocycles. The highest BCUT2D eigenvalue weighted by atomic mass is 35.5. The number of rotatable bonds is 4. The van der Waals surface area contributed by atoms with Crippen LogP contribution in [0.15, 0.2) is 67.0 Å². The molecule has 4 aromatic rings. The Hall–Kier alpha value is -3.64. The average molecular weight is 459 g/mol. The number of anilines is 2. The van der Waals surface area contributed by atoms with Crippen LogP contribution in [0.5, 0.6) is 0 Å². The second kappa shape index (κ2) is 8.37. The monoisotopic (exact) mass is 458 g/mol. The molecule has 0 radical (unpaired) electrons. The van der Waals surface area contributed by atoms with Crippen molar-refractivity contribution >= 4 is 40.4 Å². The molecule has 1 fully saturated rings. The first kappa shape index (κ1) is 21.2. The summed E-state index contributed by atoms with van der Waals surface area (Å²) >= 11 is 5.95. The zero-order valence-electron chi connectivity index (χ0n) is 18.4. The van der Waals surface area contributed by atoms with Crippen molar-refractivity contribution < 1.29 is 9.59 Å². The van der Waals surface area contributed by atoms with E-state index in [1.165, 1.54) is 0 Å². The van der Waals surface area contributed by atoms with E-state index in [9.17, 15) is 9.59 Å². The second-order valence-electron chi connectivity index (χ2n) is 8.45. The van der Waals surface area contributed by atoms with E-state index in [-0.39, 0.29) is 18.2 Å². The molecule has 1 atom stereocenters. The van der Waals surface area contributed by atoms with Crippen molar-refractivity contribution in [1.29, 1.82) is 0 Å². The number of imidazole rings is 1. The van der Waals surface area contributed by atoms with Crippen LogP contribution in [0.4, 0.5) is 11.4 Å². The number of amides is 2. The minimum atomic E-state index is -0.422. The number of carbonyl (C=O) groups excluding carboxylic acids is 2. The van der Waals surface area contributed by atoms with E-state index in [2.05, 4.69) is 5.32 Å². The molecular formula is C26H23ClN4O2. The summed E-state index contributed by atoms with van der Waals surface area (Å²) in [4.78, 5) is 32.0. The minimum absolute atomic E-state index is 0.0667. The van der Waals surface area contributed by atoms with Gasteiger partial charge in [-0.2, -0.15) is 0 Å². The van der Waals surface area contributed by atoms with Gasteiger partial charge in [0.05, 0.1) is 11.6 Å². The van der Waals surface area contributed by atoms with E-state index < -0.39 is 5.92 Å². The van der Waals surface area contributed by atoms with Crippen LogP contribution in [0.25, 0.3) is 16.9 Å². The first-order chi connectivity index (χ1) is 15.9. The molecule has 6 nitrogen and oxygen atoms in total. The Morgan fingerprint density at radius 3 is 2.64 bits per heavy atom. The third-order valence-electron chi connectivity index (χ3n) is 6.10. The summed E-state index contributed by atoms with van der Waals surface area (Å²) in [5.41, 5.74) is 6.19. The van der Waals surface area contributed by atoms with Gasteiger partial charge in [-0.05, 0) is 61.4 Å². The first-order valence-electron chi connectivity index (χ1n) is 10.8. The van der Waals surface area contributed by atoms with Gasteiger partial charge in [-0.1, -0.05) is 29.8 Å². The number of aryl methyl sites for hydroxylation is 2. The Morgan fingerprint density at radius 1 is 1.09 bits per heavy atom. The van der Waals surface area contributed by atoms with Crippen molar-refractivity contribution in [2.45, 2.75) is 20.3 Å². The number of aromatic nitrogens is 2. The number of fused-ring (bicyclic) bond motifs is 1. The Kier molecular flexibility index (Phi) is 5.38. The number of nitrogens with zero attached hydrogens (tertiary/aromatic N) is 3. The summed E-state index contributed by atoms with van der Waals surface area (Å²) in [7, 11) is 0. The smallest absolute Gasteiger partial charge is 0.229 e. The summed E-state index contributed by atoms with van der Waals surface area (Å²) in [5.74, 6) is -0.650. The number of pyridine rings is 1. The molecule has 0 aliphatic carbocycles. The predicted molar refractivity (Wildman–Crippen MR) is 131 cm³/mol. The summed E-state index contributed by atoms with van der Waals surface area (Å²) in [6.45, 7) is 4.33. The van der Waals surface area contributed by atoms with E-state index in [1.807, 2.05) is 61.0 Å². The van der Waals surface area contributed by atoms with Crippen molar-refractivity contribution in [3.63, 3.8) is 0 Å². The van der Waals surface area contributed by atoms with Gasteiger partial charge >= 0.3 is 0 Å². The van der Waals surface area contributed by atoms with Gasteiger partial charge in [0.1, 0.15) is 5.65 Å². The lowest BCUT2D eigenvalue weighted by Gasteiger charge is -2.17. The topological polar surface area (TPSA) is 66.7 Å². The molecule has 2 aromatic carbocycles. The molecule has 1 saturated heterocycles. The zero-order chi connectivity index (χ0) is 23.1. The van der Waals surface area contributed by atoms with Crippen LogP contribution < -0.4 is 10.2 Å². The minimum Gasteiger partial charge on any atom is -0.326 e. The number of benzene rings is 2. The van der Waals surface area contributed by atoms with Gasteiger partial charge < -0.3 is 14.6 Å². The molecular weight excluding hydrogens is 436 g/mol. The molecule has 7 heteroatoms.